The molecule has 0 aliphatic carbocycles. The minimum absolute atomic E-state index is 0.187. The maximum absolute atomic E-state index is 6.41. The first kappa shape index (κ1) is 27.0. The van der Waals surface area contributed by atoms with Gasteiger partial charge in [-0.3, -0.25) is 0 Å². The molecular formula is C21H48N2O3Si. The maximum atomic E-state index is 6.41. The summed E-state index contributed by atoms with van der Waals surface area (Å²) in [6.45, 7) is 3.61. The van der Waals surface area contributed by atoms with Gasteiger partial charge in [0.1, 0.15) is 0 Å². The van der Waals surface area contributed by atoms with Crippen molar-refractivity contribution in [2.45, 2.75) is 109 Å². The van der Waals surface area contributed by atoms with Gasteiger partial charge in [0.2, 0.25) is 0 Å². The SMILES string of the molecule is CCCCCCCCCCCCC(CCCN)O[Si](CCCN)(OC)OC. The first-order valence-electron chi connectivity index (χ1n) is 11.4. The lowest BCUT2D eigenvalue weighted by molar-refractivity contribution is 0.0451. The molecule has 0 aromatic carbocycles. The lowest BCUT2D eigenvalue weighted by atomic mass is 10.0. The van der Waals surface area contributed by atoms with E-state index in [4.69, 9.17) is 24.7 Å². The molecule has 4 N–H and O–H groups in total. The molecule has 0 saturated carbocycles. The summed E-state index contributed by atoms with van der Waals surface area (Å²) >= 11 is 0. The molecule has 0 bridgehead atoms. The minimum Gasteiger partial charge on any atom is -0.377 e. The summed E-state index contributed by atoms with van der Waals surface area (Å²) in [5.74, 6) is 0. The molecule has 1 unspecified atom stereocenters. The zero-order valence-electron chi connectivity index (χ0n) is 18.5. The van der Waals surface area contributed by atoms with Crippen LogP contribution in [0.1, 0.15) is 96.8 Å². The second kappa shape index (κ2) is 19.3. The topological polar surface area (TPSA) is 79.7 Å². The number of unbranched alkanes of at least 4 members (excludes halogenated alkanes) is 9. The van der Waals surface area contributed by atoms with E-state index in [1.54, 1.807) is 14.2 Å². The summed E-state index contributed by atoms with van der Waals surface area (Å²) in [5.41, 5.74) is 11.4. The fourth-order valence-corrected chi connectivity index (χ4v) is 5.75. The van der Waals surface area contributed by atoms with E-state index in [0.717, 1.165) is 31.7 Å². The van der Waals surface area contributed by atoms with Gasteiger partial charge in [-0.2, -0.15) is 0 Å². The van der Waals surface area contributed by atoms with Crippen LogP contribution in [0.15, 0.2) is 0 Å². The average Bonchev–Trinajstić information content (AvgIpc) is 2.70. The molecule has 0 spiro atoms. The van der Waals surface area contributed by atoms with E-state index in [9.17, 15) is 0 Å². The largest absolute Gasteiger partial charge is 0.500 e. The van der Waals surface area contributed by atoms with Gasteiger partial charge in [0, 0.05) is 26.4 Å². The van der Waals surface area contributed by atoms with Crippen molar-refractivity contribution in [1.82, 2.24) is 0 Å². The van der Waals surface area contributed by atoms with Crippen molar-refractivity contribution < 1.29 is 13.3 Å². The van der Waals surface area contributed by atoms with E-state index in [2.05, 4.69) is 6.92 Å². The molecule has 0 amide bonds. The van der Waals surface area contributed by atoms with Gasteiger partial charge < -0.3 is 24.7 Å². The molecule has 0 aromatic rings. The molecule has 0 heterocycles. The fourth-order valence-electron chi connectivity index (χ4n) is 3.48. The second-order valence-corrected chi connectivity index (χ2v) is 10.5. The fraction of sp³-hybridized carbons (Fsp3) is 1.00. The van der Waals surface area contributed by atoms with Crippen LogP contribution in [0.2, 0.25) is 6.04 Å². The third-order valence-corrected chi connectivity index (χ3v) is 8.17. The summed E-state index contributed by atoms with van der Waals surface area (Å²) in [4.78, 5) is 0. The Kier molecular flexibility index (Phi) is 19.4. The van der Waals surface area contributed by atoms with Crippen LogP contribution in [0.5, 0.6) is 0 Å². The number of hydrogen-bond acceptors (Lipinski definition) is 5. The molecule has 0 saturated heterocycles. The lowest BCUT2D eigenvalue weighted by Gasteiger charge is -2.31. The van der Waals surface area contributed by atoms with Crippen LogP contribution in [0.3, 0.4) is 0 Å². The van der Waals surface area contributed by atoms with Crippen LogP contribution in [0.4, 0.5) is 0 Å². The van der Waals surface area contributed by atoms with Gasteiger partial charge in [0.25, 0.3) is 0 Å². The summed E-state index contributed by atoms with van der Waals surface area (Å²) in [5, 5.41) is 0. The van der Waals surface area contributed by atoms with E-state index in [0.29, 0.717) is 13.1 Å². The zero-order chi connectivity index (χ0) is 20.2. The number of rotatable bonds is 21. The van der Waals surface area contributed by atoms with E-state index in [1.165, 1.54) is 64.2 Å². The van der Waals surface area contributed by atoms with Gasteiger partial charge in [-0.25, -0.2) is 0 Å². The monoisotopic (exact) mass is 404 g/mol. The Hall–Kier alpha value is 0.0169. The van der Waals surface area contributed by atoms with Gasteiger partial charge in [-0.15, -0.1) is 0 Å². The Labute approximate surface area is 170 Å². The first-order chi connectivity index (χ1) is 13.2. The molecule has 1 atom stereocenters. The zero-order valence-corrected chi connectivity index (χ0v) is 19.5. The Morgan fingerprint density at radius 3 is 1.63 bits per heavy atom. The predicted molar refractivity (Wildman–Crippen MR) is 118 cm³/mol. The third kappa shape index (κ3) is 14.6. The smallest absolute Gasteiger partial charge is 0.377 e. The van der Waals surface area contributed by atoms with E-state index < -0.39 is 8.80 Å². The van der Waals surface area contributed by atoms with Crippen molar-refractivity contribution in [2.75, 3.05) is 27.3 Å². The maximum Gasteiger partial charge on any atom is 0.500 e. The van der Waals surface area contributed by atoms with E-state index in [-0.39, 0.29) is 6.10 Å². The van der Waals surface area contributed by atoms with Crippen LogP contribution < -0.4 is 11.5 Å². The molecule has 0 rings (SSSR count). The van der Waals surface area contributed by atoms with Gasteiger partial charge in [0.05, 0.1) is 0 Å². The average molecular weight is 405 g/mol. The molecule has 0 fully saturated rings. The highest BCUT2D eigenvalue weighted by atomic mass is 28.4. The Morgan fingerprint density at radius 2 is 1.15 bits per heavy atom. The van der Waals surface area contributed by atoms with Gasteiger partial charge in [-0.05, 0) is 38.8 Å². The summed E-state index contributed by atoms with van der Waals surface area (Å²) < 4.78 is 17.8. The van der Waals surface area contributed by atoms with Crippen LogP contribution in [0, 0.1) is 0 Å². The van der Waals surface area contributed by atoms with Crippen LogP contribution in [-0.2, 0) is 13.3 Å². The van der Waals surface area contributed by atoms with Gasteiger partial charge in [0.15, 0.2) is 0 Å². The molecule has 5 nitrogen and oxygen atoms in total. The van der Waals surface area contributed by atoms with Gasteiger partial charge in [-0.1, -0.05) is 71.1 Å². The number of nitrogens with two attached hydrogens (primary N) is 2. The van der Waals surface area contributed by atoms with Crippen molar-refractivity contribution >= 4 is 8.80 Å². The van der Waals surface area contributed by atoms with Crippen LogP contribution >= 0.6 is 0 Å². The molecule has 0 radical (unpaired) electrons. The van der Waals surface area contributed by atoms with Crippen molar-refractivity contribution in [3.8, 4) is 0 Å². The highest BCUT2D eigenvalue weighted by Gasteiger charge is 2.40. The summed E-state index contributed by atoms with van der Waals surface area (Å²) in [6, 6.07) is 0.785. The quantitative estimate of drug-likeness (QED) is 0.208. The normalized spacial score (nSPS) is 13.2. The lowest BCUT2D eigenvalue weighted by Crippen LogP contribution is -2.47. The number of hydrogen-bond donors (Lipinski definition) is 2. The van der Waals surface area contributed by atoms with Crippen molar-refractivity contribution in [3.63, 3.8) is 0 Å². The van der Waals surface area contributed by atoms with Crippen molar-refractivity contribution in [1.29, 1.82) is 0 Å². The highest BCUT2D eigenvalue weighted by Crippen LogP contribution is 2.23. The Morgan fingerprint density at radius 1 is 0.667 bits per heavy atom. The van der Waals surface area contributed by atoms with Crippen LogP contribution in [0.25, 0.3) is 0 Å². The summed E-state index contributed by atoms with van der Waals surface area (Å²) in [6.07, 6.45) is 17.6. The van der Waals surface area contributed by atoms with Crippen molar-refractivity contribution in [3.05, 3.63) is 0 Å². The predicted octanol–water partition coefficient (Wildman–Crippen LogP) is 5.00. The molecule has 0 aliphatic heterocycles. The third-order valence-electron chi connectivity index (χ3n) is 5.27. The molecule has 164 valence electrons. The summed E-state index contributed by atoms with van der Waals surface area (Å²) in [7, 11) is 0.807. The standard InChI is InChI=1S/C21H48N2O3Si/c1-4-5-6-7-8-9-10-11-12-13-16-21(17-14-18-22)26-27(24-2,25-3)20-15-19-23/h21H,4-20,22-23H2,1-3H3. The minimum atomic E-state index is -2.60. The molecule has 0 aliphatic rings. The van der Waals surface area contributed by atoms with Crippen LogP contribution in [-0.4, -0.2) is 42.2 Å². The molecule has 27 heavy (non-hydrogen) atoms. The van der Waals surface area contributed by atoms with Crippen molar-refractivity contribution in [2.24, 2.45) is 11.5 Å². The molecular weight excluding hydrogens is 356 g/mol. The van der Waals surface area contributed by atoms with E-state index >= 15 is 0 Å². The van der Waals surface area contributed by atoms with Gasteiger partial charge >= 0.3 is 8.80 Å². The molecule has 0 aromatic heterocycles. The van der Waals surface area contributed by atoms with E-state index in [1.807, 2.05) is 0 Å². The molecule has 6 heteroatoms. The Bertz CT molecular complexity index is 305. The highest BCUT2D eigenvalue weighted by molar-refractivity contribution is 6.60. The Balaban J connectivity index is 4.11. The second-order valence-electron chi connectivity index (χ2n) is 7.62. The first-order valence-corrected chi connectivity index (χ1v) is 13.3.